The molecule has 0 aliphatic carbocycles. The molecule has 5 heteroatoms. The molecule has 0 spiro atoms. The minimum Gasteiger partial charge on any atom is -0.249 e. The molecule has 1 aromatic carbocycles. The molecular weight excluding hydrogens is 353 g/mol. The summed E-state index contributed by atoms with van der Waals surface area (Å²) in [6.07, 6.45) is 8.47. The molecule has 0 aliphatic heterocycles. The number of benzene rings is 1. The summed E-state index contributed by atoms with van der Waals surface area (Å²) in [6, 6.07) is 7.64. The fraction of sp³-hybridized carbons (Fsp3) is 0.500. The smallest absolute Gasteiger partial charge is 0.183 e. The van der Waals surface area contributed by atoms with Crippen molar-refractivity contribution in [3.63, 3.8) is 0 Å². The number of allylic oxidation sites excluding steroid dienone is 2. The SMILES string of the molecule is CCCCCCCCC(=C(C)Cl)c1nc(-c2ccccc2Cl)nn1C. The van der Waals surface area contributed by atoms with Crippen LogP contribution in [0.15, 0.2) is 29.3 Å². The van der Waals surface area contributed by atoms with Gasteiger partial charge in [-0.15, -0.1) is 0 Å². The van der Waals surface area contributed by atoms with Crippen LogP contribution in [0.5, 0.6) is 0 Å². The number of halogens is 2. The van der Waals surface area contributed by atoms with Gasteiger partial charge in [-0.2, -0.15) is 5.10 Å². The van der Waals surface area contributed by atoms with Gasteiger partial charge in [0.2, 0.25) is 0 Å². The van der Waals surface area contributed by atoms with Gasteiger partial charge < -0.3 is 0 Å². The van der Waals surface area contributed by atoms with Crippen LogP contribution in [-0.2, 0) is 7.05 Å². The molecule has 25 heavy (non-hydrogen) atoms. The number of nitrogens with zero attached hydrogens (tertiary/aromatic N) is 3. The Hall–Kier alpha value is -1.32. The Morgan fingerprint density at radius 1 is 1.08 bits per heavy atom. The maximum absolute atomic E-state index is 6.37. The number of aromatic nitrogens is 3. The van der Waals surface area contributed by atoms with E-state index in [1.54, 1.807) is 4.68 Å². The first-order valence-electron chi connectivity index (χ1n) is 9.06. The molecule has 0 bridgehead atoms. The van der Waals surface area contributed by atoms with Crippen molar-refractivity contribution in [2.75, 3.05) is 0 Å². The third kappa shape index (κ3) is 5.58. The molecule has 0 unspecified atom stereocenters. The largest absolute Gasteiger partial charge is 0.249 e. The predicted octanol–water partition coefficient (Wildman–Crippen LogP) is 6.86. The van der Waals surface area contributed by atoms with E-state index in [4.69, 9.17) is 28.2 Å². The lowest BCUT2D eigenvalue weighted by Crippen LogP contribution is -2.00. The van der Waals surface area contributed by atoms with Crippen LogP contribution in [0.1, 0.15) is 64.6 Å². The van der Waals surface area contributed by atoms with Crippen molar-refractivity contribution in [3.8, 4) is 11.4 Å². The number of rotatable bonds is 9. The first-order chi connectivity index (χ1) is 12.0. The lowest BCUT2D eigenvalue weighted by atomic mass is 10.0. The fourth-order valence-electron chi connectivity index (χ4n) is 2.92. The van der Waals surface area contributed by atoms with Gasteiger partial charge in [-0.05, 0) is 31.9 Å². The Labute approximate surface area is 161 Å². The third-order valence-corrected chi connectivity index (χ3v) is 4.90. The molecule has 2 aromatic rings. The van der Waals surface area contributed by atoms with Gasteiger partial charge in [0.1, 0.15) is 0 Å². The Bertz CT molecular complexity index is 715. The summed E-state index contributed by atoms with van der Waals surface area (Å²) in [5.74, 6) is 1.47. The van der Waals surface area contributed by atoms with Crippen LogP contribution in [0.2, 0.25) is 5.02 Å². The highest BCUT2D eigenvalue weighted by Crippen LogP contribution is 2.30. The number of hydrogen-bond acceptors (Lipinski definition) is 2. The fourth-order valence-corrected chi connectivity index (χ4v) is 3.32. The van der Waals surface area contributed by atoms with E-state index in [1.165, 1.54) is 32.1 Å². The van der Waals surface area contributed by atoms with Gasteiger partial charge in [-0.3, -0.25) is 0 Å². The lowest BCUT2D eigenvalue weighted by molar-refractivity contribution is 0.611. The van der Waals surface area contributed by atoms with Crippen LogP contribution in [0.3, 0.4) is 0 Å². The molecule has 1 aromatic heterocycles. The molecule has 0 saturated heterocycles. The average molecular weight is 380 g/mol. The van der Waals surface area contributed by atoms with Crippen molar-refractivity contribution >= 4 is 28.8 Å². The zero-order chi connectivity index (χ0) is 18.2. The molecule has 0 radical (unpaired) electrons. The zero-order valence-corrected chi connectivity index (χ0v) is 16.9. The van der Waals surface area contributed by atoms with Gasteiger partial charge in [0.15, 0.2) is 11.6 Å². The molecule has 136 valence electrons. The lowest BCUT2D eigenvalue weighted by Gasteiger charge is -2.08. The van der Waals surface area contributed by atoms with E-state index >= 15 is 0 Å². The van der Waals surface area contributed by atoms with E-state index in [0.717, 1.165) is 34.8 Å². The van der Waals surface area contributed by atoms with Gasteiger partial charge in [0.25, 0.3) is 0 Å². The number of hydrogen-bond donors (Lipinski definition) is 0. The predicted molar refractivity (Wildman–Crippen MR) is 108 cm³/mol. The normalized spacial score (nSPS) is 12.4. The molecular formula is C20H27Cl2N3. The second-order valence-electron chi connectivity index (χ2n) is 6.39. The van der Waals surface area contributed by atoms with E-state index in [9.17, 15) is 0 Å². The highest BCUT2D eigenvalue weighted by molar-refractivity contribution is 6.33. The van der Waals surface area contributed by atoms with Gasteiger partial charge in [-0.25, -0.2) is 9.67 Å². The molecule has 0 amide bonds. The van der Waals surface area contributed by atoms with E-state index in [-0.39, 0.29) is 0 Å². The van der Waals surface area contributed by atoms with Crippen LogP contribution < -0.4 is 0 Å². The van der Waals surface area contributed by atoms with Gasteiger partial charge >= 0.3 is 0 Å². The molecule has 2 rings (SSSR count). The van der Waals surface area contributed by atoms with Crippen LogP contribution in [0.25, 0.3) is 17.0 Å². The van der Waals surface area contributed by atoms with Gasteiger partial charge in [-0.1, -0.05) is 74.4 Å². The minimum atomic E-state index is 0.640. The monoisotopic (exact) mass is 379 g/mol. The second kappa shape index (κ2) is 9.98. The maximum atomic E-state index is 6.37. The Kier molecular flexibility index (Phi) is 7.98. The van der Waals surface area contributed by atoms with Gasteiger partial charge in [0.05, 0.1) is 5.02 Å². The van der Waals surface area contributed by atoms with Crippen molar-refractivity contribution in [3.05, 3.63) is 40.1 Å². The Morgan fingerprint density at radius 3 is 2.44 bits per heavy atom. The van der Waals surface area contributed by atoms with E-state index in [2.05, 4.69) is 12.0 Å². The molecule has 0 atom stereocenters. The van der Waals surface area contributed by atoms with E-state index in [1.807, 2.05) is 38.2 Å². The van der Waals surface area contributed by atoms with E-state index < -0.39 is 0 Å². The summed E-state index contributed by atoms with van der Waals surface area (Å²) >= 11 is 12.7. The highest BCUT2D eigenvalue weighted by atomic mass is 35.5. The summed E-state index contributed by atoms with van der Waals surface area (Å²) < 4.78 is 1.80. The first kappa shape index (κ1) is 20.0. The summed E-state index contributed by atoms with van der Waals surface area (Å²) in [5, 5.41) is 5.99. The summed E-state index contributed by atoms with van der Waals surface area (Å²) in [4.78, 5) is 4.72. The van der Waals surface area contributed by atoms with Crippen molar-refractivity contribution in [2.45, 2.75) is 58.8 Å². The standard InChI is InChI=1S/C20H27Cl2N3/c1-4-5-6-7-8-9-12-16(15(2)21)20-23-19(24-25(20)3)17-13-10-11-14-18(17)22/h10-11,13-14H,4-9,12H2,1-3H3. The topological polar surface area (TPSA) is 30.7 Å². The summed E-state index contributed by atoms with van der Waals surface area (Å²) in [6.45, 7) is 4.17. The Balaban J connectivity index is 2.12. The second-order valence-corrected chi connectivity index (χ2v) is 7.37. The van der Waals surface area contributed by atoms with Gasteiger partial charge in [0, 0.05) is 23.2 Å². The van der Waals surface area contributed by atoms with Crippen molar-refractivity contribution in [1.29, 1.82) is 0 Å². The number of aryl methyl sites for hydroxylation is 1. The zero-order valence-electron chi connectivity index (χ0n) is 15.4. The Morgan fingerprint density at radius 2 is 1.76 bits per heavy atom. The molecule has 0 saturated carbocycles. The van der Waals surface area contributed by atoms with Crippen LogP contribution in [-0.4, -0.2) is 14.8 Å². The van der Waals surface area contributed by atoms with Crippen molar-refractivity contribution in [2.24, 2.45) is 7.05 Å². The van der Waals surface area contributed by atoms with Crippen LogP contribution in [0, 0.1) is 0 Å². The summed E-state index contributed by atoms with van der Waals surface area (Å²) in [5.41, 5.74) is 1.92. The first-order valence-corrected chi connectivity index (χ1v) is 9.81. The van der Waals surface area contributed by atoms with Crippen LogP contribution in [0.4, 0.5) is 0 Å². The molecule has 0 aliphatic rings. The highest BCUT2D eigenvalue weighted by Gasteiger charge is 2.16. The maximum Gasteiger partial charge on any atom is 0.183 e. The minimum absolute atomic E-state index is 0.640. The average Bonchev–Trinajstić information content (AvgIpc) is 2.95. The molecule has 1 heterocycles. The molecule has 3 nitrogen and oxygen atoms in total. The van der Waals surface area contributed by atoms with Crippen molar-refractivity contribution < 1.29 is 0 Å². The third-order valence-electron chi connectivity index (χ3n) is 4.34. The van der Waals surface area contributed by atoms with Crippen molar-refractivity contribution in [1.82, 2.24) is 14.8 Å². The summed E-state index contributed by atoms with van der Waals surface area (Å²) in [7, 11) is 1.91. The molecule has 0 fully saturated rings. The van der Waals surface area contributed by atoms with Crippen LogP contribution >= 0.6 is 23.2 Å². The number of unbranched alkanes of at least 4 members (excludes halogenated alkanes) is 5. The molecule has 0 N–H and O–H groups in total. The quantitative estimate of drug-likeness (QED) is 0.445. The van der Waals surface area contributed by atoms with E-state index in [0.29, 0.717) is 10.8 Å².